The summed E-state index contributed by atoms with van der Waals surface area (Å²) in [7, 11) is 0. The van der Waals surface area contributed by atoms with Crippen molar-refractivity contribution in [3.8, 4) is 5.75 Å². The molecule has 0 aliphatic carbocycles. The van der Waals surface area contributed by atoms with Crippen LogP contribution in [0.5, 0.6) is 5.75 Å². The third-order valence-electron chi connectivity index (χ3n) is 4.43. The first-order chi connectivity index (χ1) is 11.7. The lowest BCUT2D eigenvalue weighted by molar-refractivity contribution is -0.144. The topological polar surface area (TPSA) is 49.8 Å². The number of hydrogen-bond acceptors (Lipinski definition) is 3. The van der Waals surface area contributed by atoms with Gasteiger partial charge < -0.3 is 9.84 Å². The third-order valence-corrected chi connectivity index (χ3v) is 4.43. The smallest absolute Gasteiger partial charge is 0.325 e. The average molecular weight is 325 g/mol. The fraction of sp³-hybridized carbons (Fsp3) is 0.350. The van der Waals surface area contributed by atoms with Gasteiger partial charge in [0.1, 0.15) is 18.4 Å². The molecule has 1 atom stereocenters. The highest BCUT2D eigenvalue weighted by atomic mass is 16.5. The minimum absolute atomic E-state index is 0.509. The molecule has 0 aromatic heterocycles. The molecule has 1 saturated heterocycles. The van der Waals surface area contributed by atoms with Crippen LogP contribution in [0.15, 0.2) is 54.6 Å². The van der Waals surface area contributed by atoms with Crippen molar-refractivity contribution >= 4 is 5.97 Å². The number of nitrogens with zero attached hydrogens (tertiary/aromatic N) is 1. The number of aliphatic carboxylic acids is 1. The molecule has 1 aliphatic rings. The Bertz CT molecular complexity index is 648. The molecule has 1 aliphatic heterocycles. The van der Waals surface area contributed by atoms with Gasteiger partial charge in [-0.3, -0.25) is 9.69 Å². The first kappa shape index (κ1) is 16.5. The maximum absolute atomic E-state index is 11.7. The summed E-state index contributed by atoms with van der Waals surface area (Å²) in [5, 5.41) is 9.63. The highest BCUT2D eigenvalue weighted by Gasteiger charge is 2.28. The Morgan fingerprint density at radius 1 is 1.00 bits per heavy atom. The normalized spacial score (nSPS) is 16.5. The molecule has 1 fully saturated rings. The van der Waals surface area contributed by atoms with Crippen LogP contribution in [0.1, 0.15) is 36.4 Å². The van der Waals surface area contributed by atoms with Gasteiger partial charge in [0.2, 0.25) is 0 Å². The fourth-order valence-corrected chi connectivity index (χ4v) is 3.17. The maximum atomic E-state index is 11.7. The molecule has 0 saturated carbocycles. The van der Waals surface area contributed by atoms with E-state index in [0.717, 1.165) is 42.8 Å². The number of likely N-dealkylation sites (tertiary alicyclic amines) is 1. The molecule has 0 radical (unpaired) electrons. The molecule has 24 heavy (non-hydrogen) atoms. The average Bonchev–Trinajstić information content (AvgIpc) is 2.63. The summed E-state index contributed by atoms with van der Waals surface area (Å²) in [6, 6.07) is 16.9. The van der Waals surface area contributed by atoms with Gasteiger partial charge in [0.05, 0.1) is 0 Å². The van der Waals surface area contributed by atoms with Gasteiger partial charge in [-0.1, -0.05) is 48.9 Å². The van der Waals surface area contributed by atoms with E-state index in [2.05, 4.69) is 4.90 Å². The zero-order valence-electron chi connectivity index (χ0n) is 13.7. The molecule has 2 aromatic rings. The number of piperidine rings is 1. The third kappa shape index (κ3) is 4.15. The molecule has 2 aromatic carbocycles. The lowest BCUT2D eigenvalue weighted by Gasteiger charge is -2.32. The van der Waals surface area contributed by atoms with Crippen LogP contribution in [0.4, 0.5) is 0 Å². The zero-order chi connectivity index (χ0) is 16.8. The molecular formula is C20H23NO3. The van der Waals surface area contributed by atoms with Crippen LogP contribution >= 0.6 is 0 Å². The summed E-state index contributed by atoms with van der Waals surface area (Å²) < 4.78 is 5.77. The maximum Gasteiger partial charge on any atom is 0.325 e. The van der Waals surface area contributed by atoms with Gasteiger partial charge in [0, 0.05) is 0 Å². The second-order valence-corrected chi connectivity index (χ2v) is 6.18. The molecule has 0 amide bonds. The monoisotopic (exact) mass is 325 g/mol. The van der Waals surface area contributed by atoms with Gasteiger partial charge in [-0.25, -0.2) is 0 Å². The number of hydrogen-bond donors (Lipinski definition) is 1. The minimum Gasteiger partial charge on any atom is -0.489 e. The highest BCUT2D eigenvalue weighted by molar-refractivity contribution is 5.75. The summed E-state index contributed by atoms with van der Waals surface area (Å²) in [5.41, 5.74) is 1.93. The summed E-state index contributed by atoms with van der Waals surface area (Å²) in [6.07, 6.45) is 3.33. The van der Waals surface area contributed by atoms with Gasteiger partial charge in [-0.05, 0) is 49.2 Å². The Morgan fingerprint density at radius 2 is 1.67 bits per heavy atom. The van der Waals surface area contributed by atoms with Crippen LogP contribution < -0.4 is 4.74 Å². The number of ether oxygens (including phenoxy) is 1. The van der Waals surface area contributed by atoms with Crippen molar-refractivity contribution in [2.24, 2.45) is 0 Å². The summed E-state index contributed by atoms with van der Waals surface area (Å²) in [5.74, 6) is -0.0276. The molecule has 1 N–H and O–H groups in total. The van der Waals surface area contributed by atoms with E-state index in [1.165, 1.54) is 6.42 Å². The number of rotatable bonds is 6. The number of carbonyl (C=O) groups is 1. The van der Waals surface area contributed by atoms with Gasteiger partial charge in [-0.2, -0.15) is 0 Å². The van der Waals surface area contributed by atoms with E-state index in [1.807, 2.05) is 54.6 Å². The van der Waals surface area contributed by atoms with Crippen molar-refractivity contribution in [1.82, 2.24) is 4.90 Å². The van der Waals surface area contributed by atoms with E-state index in [9.17, 15) is 9.90 Å². The van der Waals surface area contributed by atoms with E-state index in [1.54, 1.807) is 0 Å². The molecule has 4 heteroatoms. The molecule has 0 unspecified atom stereocenters. The van der Waals surface area contributed by atoms with Crippen LogP contribution in [0.3, 0.4) is 0 Å². The molecule has 0 bridgehead atoms. The number of carboxylic acid groups (broad SMARTS) is 1. The lowest BCUT2D eigenvalue weighted by Crippen LogP contribution is -2.37. The van der Waals surface area contributed by atoms with Gasteiger partial charge in [0.15, 0.2) is 0 Å². The van der Waals surface area contributed by atoms with Gasteiger partial charge in [-0.15, -0.1) is 0 Å². The van der Waals surface area contributed by atoms with Crippen LogP contribution in [-0.2, 0) is 11.4 Å². The molecule has 4 nitrogen and oxygen atoms in total. The molecule has 0 spiro atoms. The van der Waals surface area contributed by atoms with Crippen molar-refractivity contribution in [3.05, 3.63) is 65.7 Å². The van der Waals surface area contributed by atoms with Gasteiger partial charge in [0.25, 0.3) is 0 Å². The zero-order valence-corrected chi connectivity index (χ0v) is 13.7. The lowest BCUT2D eigenvalue weighted by atomic mass is 10.0. The first-order valence-corrected chi connectivity index (χ1v) is 8.47. The quantitative estimate of drug-likeness (QED) is 0.876. The number of benzene rings is 2. The molecule has 1 heterocycles. The second kappa shape index (κ2) is 7.97. The predicted molar refractivity (Wildman–Crippen MR) is 93.0 cm³/mol. The summed E-state index contributed by atoms with van der Waals surface area (Å²) in [6.45, 7) is 2.21. The second-order valence-electron chi connectivity index (χ2n) is 6.18. The van der Waals surface area contributed by atoms with Crippen LogP contribution in [0.25, 0.3) is 0 Å². The summed E-state index contributed by atoms with van der Waals surface area (Å²) in [4.78, 5) is 13.8. The van der Waals surface area contributed by atoms with Crippen LogP contribution in [-0.4, -0.2) is 29.1 Å². The largest absolute Gasteiger partial charge is 0.489 e. The number of carboxylic acids is 1. The van der Waals surface area contributed by atoms with Gasteiger partial charge >= 0.3 is 5.97 Å². The van der Waals surface area contributed by atoms with Crippen molar-refractivity contribution in [1.29, 1.82) is 0 Å². The molecule has 126 valence electrons. The Morgan fingerprint density at radius 3 is 2.29 bits per heavy atom. The van der Waals surface area contributed by atoms with E-state index in [-0.39, 0.29) is 0 Å². The Labute approximate surface area is 142 Å². The van der Waals surface area contributed by atoms with E-state index in [4.69, 9.17) is 4.74 Å². The van der Waals surface area contributed by atoms with Crippen molar-refractivity contribution in [2.45, 2.75) is 31.9 Å². The van der Waals surface area contributed by atoms with E-state index < -0.39 is 12.0 Å². The Kier molecular flexibility index (Phi) is 5.49. The summed E-state index contributed by atoms with van der Waals surface area (Å²) >= 11 is 0. The standard InChI is InChI=1S/C20H23NO3/c22-20(23)19(21-13-5-2-6-14-21)17-9-11-18(12-10-17)24-15-16-7-3-1-4-8-16/h1,3-4,7-12,19H,2,5-6,13-15H2,(H,22,23)/t19-/m1/s1. The molecule has 3 rings (SSSR count). The Hall–Kier alpha value is -2.33. The van der Waals surface area contributed by atoms with E-state index in [0.29, 0.717) is 6.61 Å². The van der Waals surface area contributed by atoms with Crippen LogP contribution in [0.2, 0.25) is 0 Å². The van der Waals surface area contributed by atoms with Crippen LogP contribution in [0, 0.1) is 0 Å². The van der Waals surface area contributed by atoms with E-state index >= 15 is 0 Å². The van der Waals surface area contributed by atoms with Crippen molar-refractivity contribution in [2.75, 3.05) is 13.1 Å². The first-order valence-electron chi connectivity index (χ1n) is 8.47. The predicted octanol–water partition coefficient (Wildman–Crippen LogP) is 3.88. The minimum atomic E-state index is -0.783. The highest BCUT2D eigenvalue weighted by Crippen LogP contribution is 2.26. The SMILES string of the molecule is O=C(O)[C@@H](c1ccc(OCc2ccccc2)cc1)N1CCCCC1. The molecular weight excluding hydrogens is 302 g/mol. The van der Waals surface area contributed by atoms with Crippen molar-refractivity contribution < 1.29 is 14.6 Å². The van der Waals surface area contributed by atoms with Crippen molar-refractivity contribution in [3.63, 3.8) is 0 Å². The fourth-order valence-electron chi connectivity index (χ4n) is 3.17. The Balaban J connectivity index is 1.66.